The number of hydrogen-bond donors (Lipinski definition) is 3. The highest BCUT2D eigenvalue weighted by Gasteiger charge is 2.24. The summed E-state index contributed by atoms with van der Waals surface area (Å²) in [5.74, 6) is -0.207. The highest BCUT2D eigenvalue weighted by Crippen LogP contribution is 2.23. The normalized spacial score (nSPS) is 13.9. The van der Waals surface area contributed by atoms with Crippen LogP contribution in [0.2, 0.25) is 0 Å². The van der Waals surface area contributed by atoms with E-state index in [0.717, 1.165) is 35.3 Å². The van der Waals surface area contributed by atoms with E-state index in [2.05, 4.69) is 16.0 Å². The lowest BCUT2D eigenvalue weighted by Gasteiger charge is -2.20. The Morgan fingerprint density at radius 1 is 0.833 bits per heavy atom. The van der Waals surface area contributed by atoms with E-state index in [1.54, 1.807) is 12.1 Å². The molecule has 0 heterocycles. The van der Waals surface area contributed by atoms with Gasteiger partial charge in [0.1, 0.15) is 6.04 Å². The van der Waals surface area contributed by atoms with Crippen molar-refractivity contribution in [3.8, 4) is 0 Å². The SMILES string of the molecule is Cc1ccc(NC(=O)C(Nc2ccc(C(=O)NC3CC3)cc2)c2ccccc2)cc1. The largest absolute Gasteiger partial charge is 0.370 e. The van der Waals surface area contributed by atoms with Crippen molar-refractivity contribution in [1.29, 1.82) is 0 Å². The van der Waals surface area contributed by atoms with Gasteiger partial charge in [-0.15, -0.1) is 0 Å². The third-order valence-corrected chi connectivity index (χ3v) is 5.08. The highest BCUT2D eigenvalue weighted by molar-refractivity contribution is 5.98. The quantitative estimate of drug-likeness (QED) is 0.540. The Morgan fingerprint density at radius 3 is 2.10 bits per heavy atom. The lowest BCUT2D eigenvalue weighted by molar-refractivity contribution is -0.117. The zero-order valence-corrected chi connectivity index (χ0v) is 16.9. The molecule has 152 valence electrons. The first-order chi connectivity index (χ1) is 14.6. The van der Waals surface area contributed by atoms with Gasteiger partial charge in [-0.25, -0.2) is 0 Å². The molecule has 2 amide bonds. The molecule has 4 rings (SSSR count). The van der Waals surface area contributed by atoms with Gasteiger partial charge in [-0.2, -0.15) is 0 Å². The molecule has 0 bridgehead atoms. The first-order valence-corrected chi connectivity index (χ1v) is 10.2. The van der Waals surface area contributed by atoms with Crippen LogP contribution >= 0.6 is 0 Å². The summed E-state index contributed by atoms with van der Waals surface area (Å²) in [6.45, 7) is 2.01. The number of benzene rings is 3. The Hall–Kier alpha value is -3.60. The predicted molar refractivity (Wildman–Crippen MR) is 120 cm³/mol. The van der Waals surface area contributed by atoms with Crippen LogP contribution in [0.25, 0.3) is 0 Å². The van der Waals surface area contributed by atoms with E-state index < -0.39 is 6.04 Å². The van der Waals surface area contributed by atoms with Crippen molar-refractivity contribution in [2.24, 2.45) is 0 Å². The summed E-state index contributed by atoms with van der Waals surface area (Å²) < 4.78 is 0. The Kier molecular flexibility index (Phi) is 5.80. The van der Waals surface area contributed by atoms with Crippen molar-refractivity contribution < 1.29 is 9.59 Å². The number of carbonyl (C=O) groups is 2. The van der Waals surface area contributed by atoms with Crippen molar-refractivity contribution in [1.82, 2.24) is 5.32 Å². The Bertz CT molecular complexity index is 1010. The molecule has 0 aliphatic heterocycles. The summed E-state index contributed by atoms with van der Waals surface area (Å²) in [4.78, 5) is 25.3. The fourth-order valence-corrected chi connectivity index (χ4v) is 3.18. The van der Waals surface area contributed by atoms with Crippen LogP contribution in [0.15, 0.2) is 78.9 Å². The maximum absolute atomic E-state index is 13.1. The van der Waals surface area contributed by atoms with Gasteiger partial charge < -0.3 is 16.0 Å². The van der Waals surface area contributed by atoms with Crippen molar-refractivity contribution in [3.05, 3.63) is 95.6 Å². The third kappa shape index (κ3) is 5.06. The van der Waals surface area contributed by atoms with E-state index in [9.17, 15) is 9.59 Å². The summed E-state index contributed by atoms with van der Waals surface area (Å²) >= 11 is 0. The van der Waals surface area contributed by atoms with Crippen LogP contribution in [0.4, 0.5) is 11.4 Å². The molecule has 5 nitrogen and oxygen atoms in total. The van der Waals surface area contributed by atoms with Crippen LogP contribution in [0.1, 0.15) is 40.4 Å². The molecule has 1 aliphatic carbocycles. The van der Waals surface area contributed by atoms with Gasteiger partial charge >= 0.3 is 0 Å². The number of anilines is 2. The zero-order valence-electron chi connectivity index (χ0n) is 16.9. The lowest BCUT2D eigenvalue weighted by Crippen LogP contribution is -2.27. The minimum Gasteiger partial charge on any atom is -0.370 e. The van der Waals surface area contributed by atoms with Gasteiger partial charge in [0, 0.05) is 23.0 Å². The van der Waals surface area contributed by atoms with Gasteiger partial charge in [-0.3, -0.25) is 9.59 Å². The number of nitrogens with one attached hydrogen (secondary N) is 3. The van der Waals surface area contributed by atoms with Crippen LogP contribution in [0, 0.1) is 6.92 Å². The number of amides is 2. The van der Waals surface area contributed by atoms with Gasteiger partial charge in [0.15, 0.2) is 0 Å². The van der Waals surface area contributed by atoms with Crippen LogP contribution in [0.5, 0.6) is 0 Å². The summed E-state index contributed by atoms with van der Waals surface area (Å²) in [6, 6.07) is 24.3. The van der Waals surface area contributed by atoms with E-state index in [0.29, 0.717) is 11.6 Å². The van der Waals surface area contributed by atoms with Crippen molar-refractivity contribution in [2.75, 3.05) is 10.6 Å². The standard InChI is InChI=1S/C25H25N3O2/c1-17-7-11-21(12-8-17)28-25(30)23(18-5-3-2-4-6-18)26-20-13-9-19(10-14-20)24(29)27-22-15-16-22/h2-14,22-23,26H,15-16H2,1H3,(H,27,29)(H,28,30). The molecule has 1 unspecified atom stereocenters. The van der Waals surface area contributed by atoms with Crippen LogP contribution in [-0.2, 0) is 4.79 Å². The highest BCUT2D eigenvalue weighted by atomic mass is 16.2. The number of carbonyl (C=O) groups excluding carboxylic acids is 2. The van der Waals surface area contributed by atoms with Crippen molar-refractivity contribution >= 4 is 23.2 Å². The lowest BCUT2D eigenvalue weighted by atomic mass is 10.0. The minimum absolute atomic E-state index is 0.0548. The fraction of sp³-hybridized carbons (Fsp3) is 0.200. The topological polar surface area (TPSA) is 70.2 Å². The van der Waals surface area contributed by atoms with Crippen LogP contribution in [0.3, 0.4) is 0 Å². The van der Waals surface area contributed by atoms with E-state index in [1.165, 1.54) is 0 Å². The molecule has 1 saturated carbocycles. The molecule has 1 aliphatic rings. The molecule has 3 N–H and O–H groups in total. The second-order valence-corrected chi connectivity index (χ2v) is 7.67. The molecular weight excluding hydrogens is 374 g/mol. The summed E-state index contributed by atoms with van der Waals surface area (Å²) in [7, 11) is 0. The first-order valence-electron chi connectivity index (χ1n) is 10.2. The molecule has 3 aromatic carbocycles. The minimum atomic E-state index is -0.571. The Balaban J connectivity index is 1.50. The van der Waals surface area contributed by atoms with Gasteiger partial charge in [0.2, 0.25) is 0 Å². The summed E-state index contributed by atoms with van der Waals surface area (Å²) in [5.41, 5.74) is 4.13. The zero-order chi connectivity index (χ0) is 20.9. The maximum atomic E-state index is 13.1. The molecule has 1 fully saturated rings. The smallest absolute Gasteiger partial charge is 0.251 e. The molecule has 0 aromatic heterocycles. The van der Waals surface area contributed by atoms with Crippen molar-refractivity contribution in [3.63, 3.8) is 0 Å². The molecule has 5 heteroatoms. The fourth-order valence-electron chi connectivity index (χ4n) is 3.18. The predicted octanol–water partition coefficient (Wildman–Crippen LogP) is 4.68. The molecule has 30 heavy (non-hydrogen) atoms. The van der Waals surface area contributed by atoms with E-state index >= 15 is 0 Å². The molecule has 3 aromatic rings. The Morgan fingerprint density at radius 2 is 1.47 bits per heavy atom. The Labute approximate surface area is 176 Å². The number of hydrogen-bond acceptors (Lipinski definition) is 3. The summed E-state index contributed by atoms with van der Waals surface area (Å²) in [5, 5.41) is 9.26. The van der Waals surface area contributed by atoms with E-state index in [1.807, 2.05) is 73.7 Å². The van der Waals surface area contributed by atoms with Gasteiger partial charge in [-0.05, 0) is 61.7 Å². The molecule has 0 spiro atoms. The second-order valence-electron chi connectivity index (χ2n) is 7.67. The molecule has 0 saturated heterocycles. The van der Waals surface area contributed by atoms with E-state index in [4.69, 9.17) is 0 Å². The number of rotatable bonds is 7. The third-order valence-electron chi connectivity index (χ3n) is 5.08. The summed E-state index contributed by atoms with van der Waals surface area (Å²) in [6.07, 6.45) is 2.11. The van der Waals surface area contributed by atoms with Crippen molar-refractivity contribution in [2.45, 2.75) is 31.8 Å². The van der Waals surface area contributed by atoms with Gasteiger partial charge in [0.05, 0.1) is 0 Å². The average Bonchev–Trinajstić information content (AvgIpc) is 3.58. The molecular formula is C25H25N3O2. The maximum Gasteiger partial charge on any atom is 0.251 e. The number of aryl methyl sites for hydroxylation is 1. The van der Waals surface area contributed by atoms with Crippen LogP contribution in [-0.4, -0.2) is 17.9 Å². The van der Waals surface area contributed by atoms with Gasteiger partial charge in [0.25, 0.3) is 11.8 Å². The van der Waals surface area contributed by atoms with Gasteiger partial charge in [-0.1, -0.05) is 48.0 Å². The molecule has 1 atom stereocenters. The monoisotopic (exact) mass is 399 g/mol. The average molecular weight is 399 g/mol. The molecule has 0 radical (unpaired) electrons. The van der Waals surface area contributed by atoms with E-state index in [-0.39, 0.29) is 11.8 Å². The van der Waals surface area contributed by atoms with Crippen LogP contribution < -0.4 is 16.0 Å². The second kappa shape index (κ2) is 8.82. The first kappa shape index (κ1) is 19.7.